The lowest BCUT2D eigenvalue weighted by molar-refractivity contribution is -0.115. The molecular formula is C20H30N4O2. The summed E-state index contributed by atoms with van der Waals surface area (Å²) >= 11 is 0. The number of anilines is 1. The monoisotopic (exact) mass is 358 g/mol. The number of hydrogen-bond donors (Lipinski definition) is 2. The van der Waals surface area contributed by atoms with Gasteiger partial charge in [0.25, 0.3) is 5.91 Å². The van der Waals surface area contributed by atoms with Crippen LogP contribution in [0.4, 0.5) is 5.69 Å². The third-order valence-electron chi connectivity index (χ3n) is 5.07. The molecule has 0 aromatic heterocycles. The van der Waals surface area contributed by atoms with Gasteiger partial charge in [-0.1, -0.05) is 12.5 Å². The van der Waals surface area contributed by atoms with E-state index in [0.717, 1.165) is 39.0 Å². The second kappa shape index (κ2) is 9.14. The van der Waals surface area contributed by atoms with Gasteiger partial charge in [0.1, 0.15) is 0 Å². The van der Waals surface area contributed by atoms with Gasteiger partial charge in [-0.05, 0) is 57.0 Å². The lowest BCUT2D eigenvalue weighted by atomic mass is 10.1. The second-order valence-corrected chi connectivity index (χ2v) is 7.41. The molecule has 1 saturated carbocycles. The van der Waals surface area contributed by atoms with Gasteiger partial charge in [0.05, 0.1) is 6.54 Å². The lowest BCUT2D eigenvalue weighted by Gasteiger charge is -2.28. The fourth-order valence-corrected chi connectivity index (χ4v) is 3.26. The zero-order valence-corrected chi connectivity index (χ0v) is 15.7. The fourth-order valence-electron chi connectivity index (χ4n) is 3.26. The van der Waals surface area contributed by atoms with E-state index in [1.165, 1.54) is 19.3 Å². The minimum absolute atomic E-state index is 0.00536. The van der Waals surface area contributed by atoms with Crippen LogP contribution >= 0.6 is 0 Å². The fraction of sp³-hybridized carbons (Fsp3) is 0.600. The Kier molecular flexibility index (Phi) is 6.63. The molecule has 142 valence electrons. The summed E-state index contributed by atoms with van der Waals surface area (Å²) in [6.07, 6.45) is 6.14. The second-order valence-electron chi connectivity index (χ2n) is 7.41. The van der Waals surface area contributed by atoms with E-state index in [-0.39, 0.29) is 11.8 Å². The number of carbonyl (C=O) groups excluding carboxylic acids is 2. The number of rotatable bonds is 8. The van der Waals surface area contributed by atoms with E-state index >= 15 is 0 Å². The van der Waals surface area contributed by atoms with Crippen molar-refractivity contribution in [2.24, 2.45) is 0 Å². The van der Waals surface area contributed by atoms with Crippen molar-refractivity contribution >= 4 is 17.5 Å². The molecule has 26 heavy (non-hydrogen) atoms. The Morgan fingerprint density at radius 2 is 1.96 bits per heavy atom. The maximum atomic E-state index is 12.7. The Morgan fingerprint density at radius 1 is 1.19 bits per heavy atom. The van der Waals surface area contributed by atoms with Gasteiger partial charge >= 0.3 is 0 Å². The van der Waals surface area contributed by atoms with Crippen LogP contribution in [0.3, 0.4) is 0 Å². The van der Waals surface area contributed by atoms with Gasteiger partial charge in [-0.25, -0.2) is 0 Å². The number of hydrogen-bond acceptors (Lipinski definition) is 4. The number of likely N-dealkylation sites (tertiary alicyclic amines) is 1. The van der Waals surface area contributed by atoms with Gasteiger partial charge in [-0.2, -0.15) is 0 Å². The van der Waals surface area contributed by atoms with Gasteiger partial charge in [0.15, 0.2) is 0 Å². The summed E-state index contributed by atoms with van der Waals surface area (Å²) < 4.78 is 0. The minimum atomic E-state index is -0.0695. The average Bonchev–Trinajstić information content (AvgIpc) is 3.49. The molecular weight excluding hydrogens is 328 g/mol. The first-order valence-electron chi connectivity index (χ1n) is 9.73. The Bertz CT molecular complexity index is 624. The van der Waals surface area contributed by atoms with Gasteiger partial charge < -0.3 is 20.4 Å². The molecule has 0 atom stereocenters. The summed E-state index contributed by atoms with van der Waals surface area (Å²) in [6.45, 7) is 4.24. The summed E-state index contributed by atoms with van der Waals surface area (Å²) in [5.74, 6) is -0.0748. The van der Waals surface area contributed by atoms with Crippen LogP contribution in [0.2, 0.25) is 0 Å². The van der Waals surface area contributed by atoms with Crippen LogP contribution in [0.25, 0.3) is 0 Å². The van der Waals surface area contributed by atoms with Crippen LogP contribution in [0.5, 0.6) is 0 Å². The first-order valence-corrected chi connectivity index (χ1v) is 9.73. The average molecular weight is 358 g/mol. The molecule has 3 rings (SSSR count). The SMILES string of the molecule is CN(CCN1CCCCC1)C(=O)c1cccc(NC(=O)CNC2CC2)c1. The molecule has 0 unspecified atom stereocenters. The summed E-state index contributed by atoms with van der Waals surface area (Å²) in [4.78, 5) is 28.8. The number of nitrogens with one attached hydrogen (secondary N) is 2. The number of benzene rings is 1. The van der Waals surface area contributed by atoms with E-state index in [2.05, 4.69) is 15.5 Å². The third-order valence-corrected chi connectivity index (χ3v) is 5.07. The number of amides is 2. The third kappa shape index (κ3) is 5.81. The highest BCUT2D eigenvalue weighted by Crippen LogP contribution is 2.18. The van der Waals surface area contributed by atoms with Crippen molar-refractivity contribution in [1.82, 2.24) is 15.1 Å². The van der Waals surface area contributed by atoms with Crippen molar-refractivity contribution in [3.05, 3.63) is 29.8 Å². The van der Waals surface area contributed by atoms with E-state index in [4.69, 9.17) is 0 Å². The van der Waals surface area contributed by atoms with Crippen molar-refractivity contribution in [1.29, 1.82) is 0 Å². The van der Waals surface area contributed by atoms with Crippen LogP contribution in [-0.4, -0.2) is 67.4 Å². The van der Waals surface area contributed by atoms with Gasteiger partial charge in [0, 0.05) is 37.4 Å². The zero-order valence-electron chi connectivity index (χ0n) is 15.7. The number of nitrogens with zero attached hydrogens (tertiary/aromatic N) is 2. The normalized spacial score (nSPS) is 17.7. The molecule has 0 radical (unpaired) electrons. The molecule has 2 aliphatic rings. The van der Waals surface area contributed by atoms with E-state index in [0.29, 0.717) is 23.8 Å². The van der Waals surface area contributed by atoms with E-state index in [1.807, 2.05) is 19.2 Å². The zero-order chi connectivity index (χ0) is 18.4. The molecule has 2 fully saturated rings. The molecule has 2 amide bonds. The Hall–Kier alpha value is -1.92. The molecule has 1 aliphatic carbocycles. The molecule has 6 heteroatoms. The first-order chi connectivity index (χ1) is 12.6. The Morgan fingerprint density at radius 3 is 2.69 bits per heavy atom. The van der Waals surface area contributed by atoms with Gasteiger partial charge in [-0.15, -0.1) is 0 Å². The molecule has 6 nitrogen and oxygen atoms in total. The highest BCUT2D eigenvalue weighted by molar-refractivity contribution is 5.97. The minimum Gasteiger partial charge on any atom is -0.340 e. The van der Waals surface area contributed by atoms with Crippen molar-refractivity contribution in [3.63, 3.8) is 0 Å². The lowest BCUT2D eigenvalue weighted by Crippen LogP contribution is -2.38. The predicted octanol–water partition coefficient (Wildman–Crippen LogP) is 1.93. The van der Waals surface area contributed by atoms with Crippen molar-refractivity contribution < 1.29 is 9.59 Å². The number of piperidine rings is 1. The molecule has 1 aromatic rings. The molecule has 1 aliphatic heterocycles. The highest BCUT2D eigenvalue weighted by atomic mass is 16.2. The summed E-state index contributed by atoms with van der Waals surface area (Å²) in [6, 6.07) is 7.70. The molecule has 1 heterocycles. The van der Waals surface area contributed by atoms with Crippen LogP contribution in [-0.2, 0) is 4.79 Å². The number of carbonyl (C=O) groups is 2. The van der Waals surface area contributed by atoms with Crippen LogP contribution in [0, 0.1) is 0 Å². The first kappa shape index (κ1) is 18.9. The van der Waals surface area contributed by atoms with Gasteiger partial charge in [-0.3, -0.25) is 9.59 Å². The molecule has 2 N–H and O–H groups in total. The summed E-state index contributed by atoms with van der Waals surface area (Å²) in [7, 11) is 1.84. The molecule has 0 bridgehead atoms. The van der Waals surface area contributed by atoms with E-state index in [9.17, 15) is 9.59 Å². The van der Waals surface area contributed by atoms with Crippen molar-refractivity contribution in [3.8, 4) is 0 Å². The van der Waals surface area contributed by atoms with Crippen LogP contribution in [0.15, 0.2) is 24.3 Å². The van der Waals surface area contributed by atoms with Crippen molar-refractivity contribution in [2.75, 3.05) is 45.1 Å². The topological polar surface area (TPSA) is 64.7 Å². The summed E-state index contributed by atoms with van der Waals surface area (Å²) in [5, 5.41) is 6.05. The smallest absolute Gasteiger partial charge is 0.253 e. The molecule has 1 aromatic carbocycles. The van der Waals surface area contributed by atoms with Crippen molar-refractivity contribution in [2.45, 2.75) is 38.1 Å². The molecule has 1 saturated heterocycles. The number of likely N-dealkylation sites (N-methyl/N-ethyl adjacent to an activating group) is 1. The Balaban J connectivity index is 1.48. The highest BCUT2D eigenvalue weighted by Gasteiger charge is 2.21. The van der Waals surface area contributed by atoms with Crippen LogP contribution in [0.1, 0.15) is 42.5 Å². The van der Waals surface area contributed by atoms with E-state index < -0.39 is 0 Å². The summed E-state index contributed by atoms with van der Waals surface area (Å²) in [5.41, 5.74) is 1.28. The standard InChI is InChI=1S/C20H30N4O2/c1-23(12-13-24-10-3-2-4-11-24)20(26)16-6-5-7-18(14-16)22-19(25)15-21-17-8-9-17/h5-7,14,17,21H,2-4,8-13,15H2,1H3,(H,22,25). The quantitative estimate of drug-likeness (QED) is 0.745. The Labute approximate surface area is 155 Å². The maximum absolute atomic E-state index is 12.7. The van der Waals surface area contributed by atoms with E-state index in [1.54, 1.807) is 17.0 Å². The van der Waals surface area contributed by atoms with Crippen LogP contribution < -0.4 is 10.6 Å². The molecule has 0 spiro atoms. The van der Waals surface area contributed by atoms with Gasteiger partial charge in [0.2, 0.25) is 5.91 Å². The predicted molar refractivity (Wildman–Crippen MR) is 103 cm³/mol. The maximum Gasteiger partial charge on any atom is 0.253 e. The largest absolute Gasteiger partial charge is 0.340 e.